The zero-order chi connectivity index (χ0) is 26.4. The van der Waals surface area contributed by atoms with E-state index in [9.17, 15) is 18.0 Å². The highest BCUT2D eigenvalue weighted by Crippen LogP contribution is 2.27. The van der Waals surface area contributed by atoms with E-state index in [1.54, 1.807) is 37.3 Å². The zero-order valence-electron chi connectivity index (χ0n) is 20.4. The molecule has 0 saturated heterocycles. The van der Waals surface area contributed by atoms with E-state index in [0.717, 1.165) is 25.7 Å². The maximum atomic E-state index is 13.1. The van der Waals surface area contributed by atoms with Crippen molar-refractivity contribution in [3.63, 3.8) is 0 Å². The van der Waals surface area contributed by atoms with Crippen LogP contribution in [-0.2, 0) is 14.8 Å². The van der Waals surface area contributed by atoms with Crippen molar-refractivity contribution < 1.29 is 22.7 Å². The van der Waals surface area contributed by atoms with Crippen LogP contribution in [0.5, 0.6) is 5.75 Å². The van der Waals surface area contributed by atoms with Crippen LogP contribution in [0, 0.1) is 0 Å². The Kier molecular flexibility index (Phi) is 8.51. The van der Waals surface area contributed by atoms with Gasteiger partial charge in [-0.25, -0.2) is 8.42 Å². The molecule has 0 heterocycles. The Morgan fingerprint density at radius 1 is 0.946 bits per heavy atom. The van der Waals surface area contributed by atoms with Gasteiger partial charge in [0, 0.05) is 22.2 Å². The van der Waals surface area contributed by atoms with Crippen molar-refractivity contribution >= 4 is 39.0 Å². The summed E-state index contributed by atoms with van der Waals surface area (Å²) in [4.78, 5) is 25.5. The lowest BCUT2D eigenvalue weighted by Crippen LogP contribution is -2.43. The van der Waals surface area contributed by atoms with E-state index >= 15 is 0 Å². The third-order valence-electron chi connectivity index (χ3n) is 6.27. The Hall–Kier alpha value is -3.36. The second-order valence-electron chi connectivity index (χ2n) is 9.07. The molecular weight excluding hydrogens is 512 g/mol. The van der Waals surface area contributed by atoms with E-state index in [2.05, 4.69) is 10.0 Å². The number of amides is 1. The molecule has 7 nitrogen and oxygen atoms in total. The topological polar surface area (TPSA) is 102 Å². The minimum absolute atomic E-state index is 0.0211. The van der Waals surface area contributed by atoms with Crippen LogP contribution in [-0.4, -0.2) is 32.3 Å². The number of sulfonamides is 1. The first-order chi connectivity index (χ1) is 17.7. The van der Waals surface area contributed by atoms with Gasteiger partial charge < -0.3 is 10.1 Å². The normalized spacial score (nSPS) is 15.0. The van der Waals surface area contributed by atoms with Crippen molar-refractivity contribution in [1.82, 2.24) is 5.32 Å². The standard InChI is InChI=1S/C28H29ClN2O5S/c1-19(28(33)30-22-10-6-3-7-11-22)36-23-13-15-24(16-14-23)37(34,35)31-26-17-12-21(29)18-25(26)27(32)20-8-4-2-5-9-20/h2,4-5,8-9,12-19,22,31H,3,6-7,10-11H2,1H3,(H,30,33)/t19-/m1/s1. The van der Waals surface area contributed by atoms with E-state index < -0.39 is 16.1 Å². The molecule has 0 unspecified atom stereocenters. The maximum Gasteiger partial charge on any atom is 0.261 e. The molecule has 1 aliphatic carbocycles. The molecule has 1 fully saturated rings. The predicted molar refractivity (Wildman–Crippen MR) is 144 cm³/mol. The Bertz CT molecular complexity index is 1360. The van der Waals surface area contributed by atoms with Crippen LogP contribution in [0.1, 0.15) is 54.9 Å². The van der Waals surface area contributed by atoms with Crippen LogP contribution in [0.25, 0.3) is 0 Å². The first kappa shape index (κ1) is 26.7. The number of ketones is 1. The highest BCUT2D eigenvalue weighted by atomic mass is 35.5. The fourth-order valence-electron chi connectivity index (χ4n) is 4.26. The van der Waals surface area contributed by atoms with Gasteiger partial charge in [0.2, 0.25) is 0 Å². The molecular formula is C28H29ClN2O5S. The molecule has 0 aliphatic heterocycles. The van der Waals surface area contributed by atoms with Crippen molar-refractivity contribution in [2.24, 2.45) is 0 Å². The van der Waals surface area contributed by atoms with Crippen molar-refractivity contribution in [3.8, 4) is 5.75 Å². The molecule has 1 amide bonds. The number of nitrogens with one attached hydrogen (secondary N) is 2. The minimum Gasteiger partial charge on any atom is -0.481 e. The van der Waals surface area contributed by atoms with E-state index in [1.165, 1.54) is 48.9 Å². The summed E-state index contributed by atoms with van der Waals surface area (Å²) in [7, 11) is -4.03. The van der Waals surface area contributed by atoms with Gasteiger partial charge in [0.15, 0.2) is 11.9 Å². The fraction of sp³-hybridized carbons (Fsp3) is 0.286. The van der Waals surface area contributed by atoms with Gasteiger partial charge in [-0.2, -0.15) is 0 Å². The van der Waals surface area contributed by atoms with Gasteiger partial charge in [-0.3, -0.25) is 14.3 Å². The first-order valence-corrected chi connectivity index (χ1v) is 14.1. The van der Waals surface area contributed by atoms with Crippen molar-refractivity contribution in [1.29, 1.82) is 0 Å². The molecule has 0 aromatic heterocycles. The van der Waals surface area contributed by atoms with Gasteiger partial charge >= 0.3 is 0 Å². The summed E-state index contributed by atoms with van der Waals surface area (Å²) in [6.07, 6.45) is 4.66. The molecule has 3 aromatic carbocycles. The summed E-state index contributed by atoms with van der Waals surface area (Å²) >= 11 is 6.10. The highest BCUT2D eigenvalue weighted by Gasteiger charge is 2.22. The largest absolute Gasteiger partial charge is 0.481 e. The molecule has 37 heavy (non-hydrogen) atoms. The molecule has 3 aromatic rings. The monoisotopic (exact) mass is 540 g/mol. The van der Waals surface area contributed by atoms with Crippen molar-refractivity contribution in [3.05, 3.63) is 88.9 Å². The summed E-state index contributed by atoms with van der Waals surface area (Å²) in [5.41, 5.74) is 0.667. The highest BCUT2D eigenvalue weighted by molar-refractivity contribution is 7.92. The molecule has 1 aliphatic rings. The van der Waals surface area contributed by atoms with Gasteiger partial charge in [-0.1, -0.05) is 61.2 Å². The van der Waals surface area contributed by atoms with Gasteiger partial charge in [0.1, 0.15) is 5.75 Å². The zero-order valence-corrected chi connectivity index (χ0v) is 22.0. The fourth-order valence-corrected chi connectivity index (χ4v) is 5.51. The molecule has 9 heteroatoms. The Balaban J connectivity index is 1.45. The molecule has 0 spiro atoms. The average molecular weight is 541 g/mol. The lowest BCUT2D eigenvalue weighted by molar-refractivity contribution is -0.128. The number of carbonyl (C=O) groups is 2. The summed E-state index contributed by atoms with van der Waals surface area (Å²) in [5, 5.41) is 3.34. The average Bonchev–Trinajstić information content (AvgIpc) is 2.90. The van der Waals surface area contributed by atoms with E-state index in [4.69, 9.17) is 16.3 Å². The second kappa shape index (κ2) is 11.8. The molecule has 194 valence electrons. The number of anilines is 1. The lowest BCUT2D eigenvalue weighted by atomic mass is 9.95. The first-order valence-electron chi connectivity index (χ1n) is 12.2. The van der Waals surface area contributed by atoms with Gasteiger partial charge in [-0.15, -0.1) is 0 Å². The molecule has 4 rings (SSSR count). The lowest BCUT2D eigenvalue weighted by Gasteiger charge is -2.24. The molecule has 1 atom stereocenters. The Morgan fingerprint density at radius 3 is 2.30 bits per heavy atom. The number of benzene rings is 3. The summed E-state index contributed by atoms with van der Waals surface area (Å²) < 4.78 is 34.4. The number of rotatable bonds is 9. The van der Waals surface area contributed by atoms with E-state index in [1.807, 2.05) is 0 Å². The molecule has 2 N–H and O–H groups in total. The van der Waals surface area contributed by atoms with Crippen LogP contribution in [0.2, 0.25) is 5.02 Å². The van der Waals surface area contributed by atoms with Crippen LogP contribution in [0.15, 0.2) is 77.7 Å². The summed E-state index contributed by atoms with van der Waals surface area (Å²) in [6, 6.07) is 18.9. The Morgan fingerprint density at radius 2 is 1.62 bits per heavy atom. The third kappa shape index (κ3) is 6.90. The third-order valence-corrected chi connectivity index (χ3v) is 7.89. The smallest absolute Gasteiger partial charge is 0.261 e. The maximum absolute atomic E-state index is 13.1. The van der Waals surface area contributed by atoms with Gasteiger partial charge in [0.05, 0.1) is 10.6 Å². The predicted octanol–water partition coefficient (Wildman–Crippen LogP) is 5.59. The van der Waals surface area contributed by atoms with Crippen LogP contribution >= 0.6 is 11.6 Å². The van der Waals surface area contributed by atoms with Crippen LogP contribution < -0.4 is 14.8 Å². The Labute approximate surface area is 222 Å². The summed E-state index contributed by atoms with van der Waals surface area (Å²) in [6.45, 7) is 1.66. The SMILES string of the molecule is C[C@@H](Oc1ccc(S(=O)(=O)Nc2ccc(Cl)cc2C(=O)c2ccccc2)cc1)C(=O)NC1CCCCC1. The molecule has 0 bridgehead atoms. The number of hydrogen-bond donors (Lipinski definition) is 2. The second-order valence-corrected chi connectivity index (χ2v) is 11.2. The number of carbonyl (C=O) groups excluding carboxylic acids is 2. The van der Waals surface area contributed by atoms with Gasteiger partial charge in [0.25, 0.3) is 15.9 Å². The minimum atomic E-state index is -4.03. The van der Waals surface area contributed by atoms with Crippen molar-refractivity contribution in [2.75, 3.05) is 4.72 Å². The van der Waals surface area contributed by atoms with E-state index in [-0.39, 0.29) is 33.9 Å². The number of halogens is 1. The van der Waals surface area contributed by atoms with Gasteiger partial charge in [-0.05, 0) is 62.2 Å². The number of ether oxygens (including phenoxy) is 1. The van der Waals surface area contributed by atoms with E-state index in [0.29, 0.717) is 16.3 Å². The molecule has 1 saturated carbocycles. The summed E-state index contributed by atoms with van der Waals surface area (Å²) in [5.74, 6) is -0.176. The number of hydrogen-bond acceptors (Lipinski definition) is 5. The molecule has 0 radical (unpaired) electrons. The van der Waals surface area contributed by atoms with Crippen LogP contribution in [0.4, 0.5) is 5.69 Å². The quantitative estimate of drug-likeness (QED) is 0.345. The van der Waals surface area contributed by atoms with Crippen LogP contribution in [0.3, 0.4) is 0 Å². The van der Waals surface area contributed by atoms with Crippen molar-refractivity contribution in [2.45, 2.75) is 56.1 Å².